The van der Waals surface area contributed by atoms with Crippen LogP contribution in [0.3, 0.4) is 0 Å². The molecule has 2 aromatic carbocycles. The van der Waals surface area contributed by atoms with Gasteiger partial charge in [0, 0.05) is 30.6 Å². The quantitative estimate of drug-likeness (QED) is 0.659. The Bertz CT molecular complexity index is 938. The number of amides is 2. The van der Waals surface area contributed by atoms with E-state index in [0.29, 0.717) is 17.8 Å². The SMILES string of the molecule is O=C(NC[C@@H]1CCCO1)c1ccccc1NC(=O)C1CCN(Cc2cccc(Cl)c2)CC1. The third-order valence-electron chi connectivity index (χ3n) is 6.20. The van der Waals surface area contributed by atoms with E-state index in [9.17, 15) is 9.59 Å². The normalized spacial score (nSPS) is 19.6. The van der Waals surface area contributed by atoms with E-state index in [-0.39, 0.29) is 23.8 Å². The Hall–Kier alpha value is -2.41. The molecule has 2 amide bonds. The van der Waals surface area contributed by atoms with Gasteiger partial charge in [-0.15, -0.1) is 0 Å². The highest BCUT2D eigenvalue weighted by atomic mass is 35.5. The van der Waals surface area contributed by atoms with Gasteiger partial charge in [0.05, 0.1) is 17.4 Å². The van der Waals surface area contributed by atoms with Crippen LogP contribution in [0.2, 0.25) is 5.02 Å². The number of benzene rings is 2. The number of likely N-dealkylation sites (tertiary alicyclic amines) is 1. The molecule has 1 atom stereocenters. The molecule has 0 bridgehead atoms. The average molecular weight is 456 g/mol. The lowest BCUT2D eigenvalue weighted by molar-refractivity contribution is -0.121. The van der Waals surface area contributed by atoms with Gasteiger partial charge < -0.3 is 15.4 Å². The number of nitrogens with zero attached hydrogens (tertiary/aromatic N) is 1. The number of para-hydroxylation sites is 1. The van der Waals surface area contributed by atoms with Gasteiger partial charge in [-0.3, -0.25) is 14.5 Å². The van der Waals surface area contributed by atoms with Crippen molar-refractivity contribution in [2.24, 2.45) is 5.92 Å². The van der Waals surface area contributed by atoms with E-state index in [1.807, 2.05) is 30.3 Å². The fourth-order valence-corrected chi connectivity index (χ4v) is 4.59. The third-order valence-corrected chi connectivity index (χ3v) is 6.43. The van der Waals surface area contributed by atoms with E-state index >= 15 is 0 Å². The number of hydrogen-bond acceptors (Lipinski definition) is 4. The molecule has 2 aliphatic rings. The number of ether oxygens (including phenoxy) is 1. The molecule has 2 aromatic rings. The van der Waals surface area contributed by atoms with Crippen molar-refractivity contribution in [2.75, 3.05) is 31.6 Å². The Kier molecular flexibility index (Phi) is 7.79. The first-order valence-electron chi connectivity index (χ1n) is 11.3. The van der Waals surface area contributed by atoms with Gasteiger partial charge in [-0.2, -0.15) is 0 Å². The Morgan fingerprint density at radius 2 is 1.88 bits per heavy atom. The van der Waals surface area contributed by atoms with Crippen LogP contribution in [0.1, 0.15) is 41.6 Å². The first kappa shape index (κ1) is 22.8. The number of carbonyl (C=O) groups excluding carboxylic acids is 2. The van der Waals surface area contributed by atoms with E-state index in [0.717, 1.165) is 56.9 Å². The molecule has 2 saturated heterocycles. The molecule has 0 spiro atoms. The van der Waals surface area contributed by atoms with Crippen LogP contribution in [-0.2, 0) is 16.1 Å². The Labute approximate surface area is 194 Å². The number of nitrogens with one attached hydrogen (secondary N) is 2. The van der Waals surface area contributed by atoms with E-state index in [4.69, 9.17) is 16.3 Å². The first-order chi connectivity index (χ1) is 15.6. The molecule has 2 fully saturated rings. The highest BCUT2D eigenvalue weighted by Gasteiger charge is 2.26. The van der Waals surface area contributed by atoms with Crippen molar-refractivity contribution >= 4 is 29.1 Å². The number of rotatable bonds is 7. The third kappa shape index (κ3) is 6.09. The summed E-state index contributed by atoms with van der Waals surface area (Å²) in [6, 6.07) is 15.1. The number of hydrogen-bond donors (Lipinski definition) is 2. The zero-order valence-corrected chi connectivity index (χ0v) is 18.9. The summed E-state index contributed by atoms with van der Waals surface area (Å²) >= 11 is 6.09. The zero-order chi connectivity index (χ0) is 22.3. The fraction of sp³-hybridized carbons (Fsp3) is 0.440. The minimum absolute atomic E-state index is 0.0215. The van der Waals surface area contributed by atoms with Gasteiger partial charge in [0.2, 0.25) is 5.91 Å². The predicted molar refractivity (Wildman–Crippen MR) is 126 cm³/mol. The summed E-state index contributed by atoms with van der Waals surface area (Å²) < 4.78 is 5.57. The molecule has 4 rings (SSSR count). The van der Waals surface area contributed by atoms with Crippen molar-refractivity contribution in [3.8, 4) is 0 Å². The second-order valence-corrected chi connectivity index (χ2v) is 9.00. The van der Waals surface area contributed by atoms with Gasteiger partial charge in [-0.1, -0.05) is 35.9 Å². The second-order valence-electron chi connectivity index (χ2n) is 8.56. The van der Waals surface area contributed by atoms with Crippen LogP contribution in [0.15, 0.2) is 48.5 Å². The highest BCUT2D eigenvalue weighted by Crippen LogP contribution is 2.23. The van der Waals surface area contributed by atoms with Gasteiger partial charge in [-0.25, -0.2) is 0 Å². The number of halogens is 1. The monoisotopic (exact) mass is 455 g/mol. The average Bonchev–Trinajstić information content (AvgIpc) is 3.32. The molecule has 0 radical (unpaired) electrons. The lowest BCUT2D eigenvalue weighted by Gasteiger charge is -2.31. The summed E-state index contributed by atoms with van der Waals surface area (Å²) in [5.41, 5.74) is 2.23. The summed E-state index contributed by atoms with van der Waals surface area (Å²) in [7, 11) is 0. The minimum atomic E-state index is -0.187. The Morgan fingerprint density at radius 3 is 2.62 bits per heavy atom. The molecule has 32 heavy (non-hydrogen) atoms. The number of anilines is 1. The summed E-state index contributed by atoms with van der Waals surface area (Å²) in [6.07, 6.45) is 3.66. The van der Waals surface area contributed by atoms with Crippen molar-refractivity contribution in [1.82, 2.24) is 10.2 Å². The van der Waals surface area contributed by atoms with Crippen LogP contribution in [0.5, 0.6) is 0 Å². The molecular formula is C25H30ClN3O3. The molecule has 2 aliphatic heterocycles. The summed E-state index contributed by atoms with van der Waals surface area (Å²) in [4.78, 5) is 28.0. The number of piperidine rings is 1. The van der Waals surface area contributed by atoms with Crippen LogP contribution in [-0.4, -0.2) is 49.1 Å². The van der Waals surface area contributed by atoms with Crippen molar-refractivity contribution in [1.29, 1.82) is 0 Å². The van der Waals surface area contributed by atoms with Crippen molar-refractivity contribution in [3.05, 3.63) is 64.7 Å². The summed E-state index contributed by atoms with van der Waals surface area (Å²) in [5, 5.41) is 6.68. The van der Waals surface area contributed by atoms with Crippen molar-refractivity contribution in [3.63, 3.8) is 0 Å². The predicted octanol–water partition coefficient (Wildman–Crippen LogP) is 4.10. The molecule has 2 heterocycles. The maximum Gasteiger partial charge on any atom is 0.253 e. The van der Waals surface area contributed by atoms with E-state index in [1.165, 1.54) is 5.56 Å². The standard InChI is InChI=1S/C25H30ClN3O3/c26-20-6-3-5-18(15-20)17-29-12-10-19(11-13-29)24(30)28-23-9-2-1-8-22(23)25(31)27-16-21-7-4-14-32-21/h1-3,5-6,8-9,15,19,21H,4,7,10-14,16-17H2,(H,27,31)(H,28,30)/t21-/m0/s1. The fourth-order valence-electron chi connectivity index (χ4n) is 4.38. The van der Waals surface area contributed by atoms with E-state index < -0.39 is 0 Å². The smallest absolute Gasteiger partial charge is 0.253 e. The summed E-state index contributed by atoms with van der Waals surface area (Å²) in [5.74, 6) is -0.270. The van der Waals surface area contributed by atoms with Gasteiger partial charge in [0.1, 0.15) is 0 Å². The highest BCUT2D eigenvalue weighted by molar-refractivity contribution is 6.30. The maximum absolute atomic E-state index is 12.9. The van der Waals surface area contributed by atoms with Gasteiger partial charge >= 0.3 is 0 Å². The Balaban J connectivity index is 1.29. The molecule has 2 N–H and O–H groups in total. The topological polar surface area (TPSA) is 70.7 Å². The largest absolute Gasteiger partial charge is 0.376 e. The minimum Gasteiger partial charge on any atom is -0.376 e. The van der Waals surface area contributed by atoms with Gasteiger partial charge in [0.15, 0.2) is 0 Å². The van der Waals surface area contributed by atoms with Crippen LogP contribution < -0.4 is 10.6 Å². The van der Waals surface area contributed by atoms with Crippen molar-refractivity contribution < 1.29 is 14.3 Å². The van der Waals surface area contributed by atoms with E-state index in [2.05, 4.69) is 21.6 Å². The van der Waals surface area contributed by atoms with Gasteiger partial charge in [-0.05, 0) is 68.6 Å². The van der Waals surface area contributed by atoms with Gasteiger partial charge in [0.25, 0.3) is 5.91 Å². The lowest BCUT2D eigenvalue weighted by Crippen LogP contribution is -2.38. The van der Waals surface area contributed by atoms with Crippen LogP contribution >= 0.6 is 11.6 Å². The number of carbonyl (C=O) groups is 2. The molecule has 0 aromatic heterocycles. The maximum atomic E-state index is 12.9. The molecular weight excluding hydrogens is 426 g/mol. The molecule has 170 valence electrons. The first-order valence-corrected chi connectivity index (χ1v) is 11.7. The Morgan fingerprint density at radius 1 is 1.06 bits per heavy atom. The van der Waals surface area contributed by atoms with Crippen LogP contribution in [0, 0.1) is 5.92 Å². The van der Waals surface area contributed by atoms with Crippen molar-refractivity contribution in [2.45, 2.75) is 38.3 Å². The zero-order valence-electron chi connectivity index (χ0n) is 18.2. The molecule has 7 heteroatoms. The molecule has 6 nitrogen and oxygen atoms in total. The molecule has 0 unspecified atom stereocenters. The second kappa shape index (κ2) is 10.9. The van der Waals surface area contributed by atoms with Crippen LogP contribution in [0.4, 0.5) is 5.69 Å². The van der Waals surface area contributed by atoms with Crippen LogP contribution in [0.25, 0.3) is 0 Å². The summed E-state index contributed by atoms with van der Waals surface area (Å²) in [6.45, 7) is 3.79. The molecule has 0 aliphatic carbocycles. The lowest BCUT2D eigenvalue weighted by atomic mass is 9.95. The molecule has 0 saturated carbocycles. The van der Waals surface area contributed by atoms with E-state index in [1.54, 1.807) is 12.1 Å².